The lowest BCUT2D eigenvalue weighted by Crippen LogP contribution is -2.14. The van der Waals surface area contributed by atoms with Crippen molar-refractivity contribution in [1.29, 1.82) is 0 Å². The van der Waals surface area contributed by atoms with Gasteiger partial charge in [0.25, 0.3) is 5.91 Å². The van der Waals surface area contributed by atoms with Gasteiger partial charge in [-0.3, -0.25) is 4.79 Å². The first-order valence-corrected chi connectivity index (χ1v) is 4.18. The van der Waals surface area contributed by atoms with E-state index in [1.54, 1.807) is 13.0 Å². The summed E-state index contributed by atoms with van der Waals surface area (Å²) in [6.45, 7) is 1.80. The van der Waals surface area contributed by atoms with Gasteiger partial charge in [-0.2, -0.15) is 0 Å². The van der Waals surface area contributed by atoms with E-state index in [1.165, 1.54) is 19.2 Å². The second kappa shape index (κ2) is 4.19. The average Bonchev–Trinajstić information content (AvgIpc) is 2.17. The van der Waals surface area contributed by atoms with Crippen LogP contribution in [0.15, 0.2) is 18.2 Å². The Hall–Kier alpha value is -1.42. The number of hydrogen-bond donors (Lipinski definition) is 1. The number of hydrogen-bond acceptors (Lipinski definition) is 2. The van der Waals surface area contributed by atoms with Crippen LogP contribution in [0.3, 0.4) is 0 Å². The van der Waals surface area contributed by atoms with Gasteiger partial charge in [-0.05, 0) is 24.6 Å². The Labute approximate surface area is 81.7 Å². The topological polar surface area (TPSA) is 52.3 Å². The second-order valence-corrected chi connectivity index (χ2v) is 2.98. The van der Waals surface area contributed by atoms with Gasteiger partial charge in [-0.25, -0.2) is 4.39 Å². The smallest absolute Gasteiger partial charge is 0.251 e. The van der Waals surface area contributed by atoms with Gasteiger partial charge in [0.1, 0.15) is 5.82 Å². The van der Waals surface area contributed by atoms with Crippen molar-refractivity contribution in [1.82, 2.24) is 0 Å². The molecule has 1 amide bonds. The van der Waals surface area contributed by atoms with E-state index in [0.29, 0.717) is 0 Å². The molecule has 0 fully saturated rings. The summed E-state index contributed by atoms with van der Waals surface area (Å²) in [5.41, 5.74) is 5.62. The summed E-state index contributed by atoms with van der Waals surface area (Å²) in [5, 5.41) is 0. The number of carbonyl (C=O) groups is 1. The number of nitrogens with two attached hydrogens (primary N) is 1. The maximum atomic E-state index is 13.0. The van der Waals surface area contributed by atoms with E-state index < -0.39 is 11.7 Å². The number of benzene rings is 1. The minimum Gasteiger partial charge on any atom is -0.377 e. The summed E-state index contributed by atoms with van der Waals surface area (Å²) >= 11 is 0. The second-order valence-electron chi connectivity index (χ2n) is 2.98. The van der Waals surface area contributed by atoms with Crippen molar-refractivity contribution in [2.75, 3.05) is 7.11 Å². The number of carbonyl (C=O) groups excluding carboxylic acids is 1. The number of ether oxygens (including phenoxy) is 1. The van der Waals surface area contributed by atoms with Crippen molar-refractivity contribution >= 4 is 5.91 Å². The summed E-state index contributed by atoms with van der Waals surface area (Å²) in [4.78, 5) is 10.8. The molecule has 0 aliphatic carbocycles. The molecule has 0 aliphatic heterocycles. The Morgan fingerprint density at radius 1 is 1.57 bits per heavy atom. The van der Waals surface area contributed by atoms with Crippen LogP contribution in [0, 0.1) is 5.82 Å². The Kier molecular flexibility index (Phi) is 3.19. The minimum atomic E-state index is -0.771. The Bertz CT molecular complexity index is 352. The third kappa shape index (κ3) is 2.09. The average molecular weight is 197 g/mol. The molecule has 1 aromatic carbocycles. The Morgan fingerprint density at radius 2 is 2.21 bits per heavy atom. The van der Waals surface area contributed by atoms with Crippen LogP contribution in [0.1, 0.15) is 28.9 Å². The third-order valence-electron chi connectivity index (χ3n) is 2.08. The quantitative estimate of drug-likeness (QED) is 0.800. The van der Waals surface area contributed by atoms with Gasteiger partial charge in [0.15, 0.2) is 0 Å². The fourth-order valence-electron chi connectivity index (χ4n) is 1.12. The number of amides is 1. The zero-order valence-electron chi connectivity index (χ0n) is 8.08. The molecule has 1 unspecified atom stereocenters. The van der Waals surface area contributed by atoms with Crippen LogP contribution in [-0.4, -0.2) is 13.0 Å². The van der Waals surface area contributed by atoms with Crippen LogP contribution in [0.25, 0.3) is 0 Å². The molecule has 1 aromatic rings. The van der Waals surface area contributed by atoms with Crippen molar-refractivity contribution in [3.05, 3.63) is 35.1 Å². The normalized spacial score (nSPS) is 12.5. The molecule has 1 atom stereocenters. The minimum absolute atomic E-state index is 0.105. The molecule has 0 heterocycles. The molecule has 0 saturated carbocycles. The highest BCUT2D eigenvalue weighted by molar-refractivity contribution is 5.93. The van der Waals surface area contributed by atoms with Gasteiger partial charge in [0.05, 0.1) is 11.7 Å². The molecule has 0 bridgehead atoms. The lowest BCUT2D eigenvalue weighted by atomic mass is 10.1. The summed E-state index contributed by atoms with van der Waals surface area (Å²) in [6.07, 6.45) is -0.186. The third-order valence-corrected chi connectivity index (χ3v) is 2.08. The highest BCUT2D eigenvalue weighted by Gasteiger charge is 2.11. The van der Waals surface area contributed by atoms with Crippen molar-refractivity contribution in [3.63, 3.8) is 0 Å². The zero-order valence-corrected chi connectivity index (χ0v) is 8.08. The molecule has 0 aliphatic rings. The highest BCUT2D eigenvalue weighted by atomic mass is 19.1. The van der Waals surface area contributed by atoms with Gasteiger partial charge in [-0.15, -0.1) is 0 Å². The van der Waals surface area contributed by atoms with Crippen LogP contribution < -0.4 is 5.73 Å². The van der Waals surface area contributed by atoms with Crippen molar-refractivity contribution in [3.8, 4) is 0 Å². The maximum absolute atomic E-state index is 13.0. The molecule has 76 valence electrons. The molecule has 2 N–H and O–H groups in total. The van der Waals surface area contributed by atoms with Gasteiger partial charge < -0.3 is 10.5 Å². The monoisotopic (exact) mass is 197 g/mol. The molecule has 1 rings (SSSR count). The van der Waals surface area contributed by atoms with Crippen molar-refractivity contribution < 1.29 is 13.9 Å². The number of primary amides is 1. The van der Waals surface area contributed by atoms with Crippen LogP contribution in [0.5, 0.6) is 0 Å². The lowest BCUT2D eigenvalue weighted by Gasteiger charge is -2.10. The van der Waals surface area contributed by atoms with E-state index >= 15 is 0 Å². The molecule has 0 radical (unpaired) electrons. The van der Waals surface area contributed by atoms with Crippen LogP contribution >= 0.6 is 0 Å². The molecule has 0 aromatic heterocycles. The molecule has 0 spiro atoms. The van der Waals surface area contributed by atoms with Crippen LogP contribution in [-0.2, 0) is 4.74 Å². The van der Waals surface area contributed by atoms with Crippen LogP contribution in [0.4, 0.5) is 4.39 Å². The molecular weight excluding hydrogens is 185 g/mol. The summed E-state index contributed by atoms with van der Waals surface area (Å²) in [5.74, 6) is -1.38. The highest BCUT2D eigenvalue weighted by Crippen LogP contribution is 2.18. The first-order valence-electron chi connectivity index (χ1n) is 4.18. The van der Waals surface area contributed by atoms with Crippen LogP contribution in [0.2, 0.25) is 0 Å². The van der Waals surface area contributed by atoms with E-state index in [-0.39, 0.29) is 11.7 Å². The van der Waals surface area contributed by atoms with E-state index in [1.807, 2.05) is 0 Å². The number of methoxy groups -OCH3 is 1. The maximum Gasteiger partial charge on any atom is 0.251 e. The Balaban J connectivity index is 3.12. The lowest BCUT2D eigenvalue weighted by molar-refractivity contribution is 0.0995. The first-order chi connectivity index (χ1) is 6.56. The Morgan fingerprint density at radius 3 is 2.71 bits per heavy atom. The SMILES string of the molecule is COC(C)c1ccc(F)c(C(N)=O)c1. The fraction of sp³-hybridized carbons (Fsp3) is 0.300. The molecule has 14 heavy (non-hydrogen) atoms. The molecule has 4 heteroatoms. The molecule has 0 saturated heterocycles. The number of halogens is 1. The van der Waals surface area contributed by atoms with Gasteiger partial charge >= 0.3 is 0 Å². The summed E-state index contributed by atoms with van der Waals surface area (Å²) in [6, 6.07) is 4.19. The fourth-order valence-corrected chi connectivity index (χ4v) is 1.12. The van der Waals surface area contributed by atoms with Gasteiger partial charge in [0, 0.05) is 7.11 Å². The predicted octanol–water partition coefficient (Wildman–Crippen LogP) is 1.63. The zero-order chi connectivity index (χ0) is 10.7. The van der Waals surface area contributed by atoms with E-state index in [2.05, 4.69) is 0 Å². The van der Waals surface area contributed by atoms with E-state index in [4.69, 9.17) is 10.5 Å². The summed E-state index contributed by atoms with van der Waals surface area (Å²) < 4.78 is 18.1. The van der Waals surface area contributed by atoms with Crippen molar-refractivity contribution in [2.45, 2.75) is 13.0 Å². The van der Waals surface area contributed by atoms with E-state index in [0.717, 1.165) is 5.56 Å². The molecular formula is C10H12FNO2. The van der Waals surface area contributed by atoms with E-state index in [9.17, 15) is 9.18 Å². The largest absolute Gasteiger partial charge is 0.377 e. The summed E-state index contributed by atoms with van der Waals surface area (Å²) in [7, 11) is 1.54. The number of rotatable bonds is 3. The standard InChI is InChI=1S/C10H12FNO2/c1-6(14-2)7-3-4-9(11)8(5-7)10(12)13/h3-6H,1-2H3,(H2,12,13). The van der Waals surface area contributed by atoms with Gasteiger partial charge in [0.2, 0.25) is 0 Å². The molecule has 3 nitrogen and oxygen atoms in total. The predicted molar refractivity (Wildman–Crippen MR) is 50.3 cm³/mol. The first kappa shape index (κ1) is 10.7. The van der Waals surface area contributed by atoms with Gasteiger partial charge in [-0.1, -0.05) is 6.07 Å². The van der Waals surface area contributed by atoms with Crippen molar-refractivity contribution in [2.24, 2.45) is 5.73 Å².